The van der Waals surface area contributed by atoms with Gasteiger partial charge in [-0.15, -0.1) is 0 Å². The van der Waals surface area contributed by atoms with Gasteiger partial charge in [-0.2, -0.15) is 13.2 Å². The Morgan fingerprint density at radius 1 is 0.891 bits per heavy atom. The van der Waals surface area contributed by atoms with Crippen molar-refractivity contribution in [1.82, 2.24) is 5.32 Å². The number of carbonyl (C=O) groups is 3. The van der Waals surface area contributed by atoms with E-state index in [1.165, 1.54) is 12.1 Å². The zero-order valence-corrected chi connectivity index (χ0v) is 25.4. The third-order valence-electron chi connectivity index (χ3n) is 8.81. The van der Waals surface area contributed by atoms with Crippen molar-refractivity contribution in [3.8, 4) is 11.1 Å². The molecule has 3 aromatic rings. The van der Waals surface area contributed by atoms with Crippen LogP contribution in [0.4, 0.5) is 33.3 Å². The molecule has 0 spiro atoms. The lowest BCUT2D eigenvalue weighted by Crippen LogP contribution is -2.48. The number of carboxylic acid groups (broad SMARTS) is 1. The number of aromatic carboxylic acids is 1. The van der Waals surface area contributed by atoms with E-state index >= 15 is 0 Å². The largest absolute Gasteiger partial charge is 0.478 e. The maximum absolute atomic E-state index is 14.9. The molecule has 4 atom stereocenters. The highest BCUT2D eigenvalue weighted by Gasteiger charge is 2.55. The Labute approximate surface area is 262 Å². The van der Waals surface area contributed by atoms with Gasteiger partial charge in [0.15, 0.2) is 0 Å². The standard InChI is InChI=1S/C34H32F5N3O4/c1-16(2)28-20-8-9-21(28)30(29(20)32(44)40-19-7-11-26(36)24(15-19)34(37,38)39)41-31(43)23-13-17(6-12-27(23)42(3)4)22-14-18(33(45)46)5-10-25(22)35/h5-7,10-15,20-21,29-30H,8-9H2,1-4H3,(H,40,44)(H,41,43)(H,45,46)/t20?,21?,29-,30+/m0/s1. The Balaban J connectivity index is 1.50. The zero-order valence-electron chi connectivity index (χ0n) is 25.4. The van der Waals surface area contributed by atoms with E-state index in [2.05, 4.69) is 10.6 Å². The molecule has 242 valence electrons. The lowest BCUT2D eigenvalue weighted by Gasteiger charge is -2.31. The van der Waals surface area contributed by atoms with Crippen LogP contribution >= 0.6 is 0 Å². The fourth-order valence-electron chi connectivity index (χ4n) is 6.90. The van der Waals surface area contributed by atoms with Gasteiger partial charge in [0.25, 0.3) is 5.91 Å². The average molecular weight is 642 g/mol. The molecule has 2 saturated carbocycles. The van der Waals surface area contributed by atoms with Crippen molar-refractivity contribution < 1.29 is 41.4 Å². The topological polar surface area (TPSA) is 98.7 Å². The third-order valence-corrected chi connectivity index (χ3v) is 8.81. The number of alkyl halides is 3. The van der Waals surface area contributed by atoms with Crippen LogP contribution in [0.5, 0.6) is 0 Å². The maximum Gasteiger partial charge on any atom is 0.419 e. The summed E-state index contributed by atoms with van der Waals surface area (Å²) in [5.41, 5.74) is 1.01. The molecule has 3 N–H and O–H groups in total. The first-order valence-corrected chi connectivity index (χ1v) is 14.6. The molecule has 0 radical (unpaired) electrons. The van der Waals surface area contributed by atoms with Gasteiger partial charge >= 0.3 is 12.1 Å². The Morgan fingerprint density at radius 2 is 1.57 bits per heavy atom. The predicted molar refractivity (Wildman–Crippen MR) is 162 cm³/mol. The molecule has 2 bridgehead atoms. The first-order valence-electron chi connectivity index (χ1n) is 14.6. The lowest BCUT2D eigenvalue weighted by molar-refractivity contribution is -0.140. The number of hydrogen-bond donors (Lipinski definition) is 3. The molecule has 7 nitrogen and oxygen atoms in total. The van der Waals surface area contributed by atoms with E-state index < -0.39 is 53.1 Å². The molecule has 2 amide bonds. The summed E-state index contributed by atoms with van der Waals surface area (Å²) in [5, 5.41) is 14.9. The minimum Gasteiger partial charge on any atom is -0.478 e. The summed E-state index contributed by atoms with van der Waals surface area (Å²) in [6.07, 6.45) is -3.63. The molecule has 2 fully saturated rings. The number of allylic oxidation sites excluding steroid dienone is 1. The number of amides is 2. The Morgan fingerprint density at radius 3 is 2.20 bits per heavy atom. The summed E-state index contributed by atoms with van der Waals surface area (Å²) in [7, 11) is 3.43. The number of nitrogens with one attached hydrogen (secondary N) is 2. The quantitative estimate of drug-likeness (QED) is 0.188. The van der Waals surface area contributed by atoms with Gasteiger partial charge in [0.1, 0.15) is 11.6 Å². The van der Waals surface area contributed by atoms with Crippen LogP contribution in [0.2, 0.25) is 0 Å². The van der Waals surface area contributed by atoms with Crippen molar-refractivity contribution in [3.05, 3.63) is 94.1 Å². The van der Waals surface area contributed by atoms with Crippen LogP contribution in [0.1, 0.15) is 53.0 Å². The first kappa shape index (κ1) is 32.6. The van der Waals surface area contributed by atoms with Crippen LogP contribution in [0.3, 0.4) is 0 Å². The SMILES string of the molecule is CC(C)=C1C2CCC1[C@H](C(=O)Nc1ccc(F)c(C(F)(F)F)c1)[C@@H]2NC(=O)c1cc(-c2cc(C(=O)O)ccc2F)ccc1N(C)C. The van der Waals surface area contributed by atoms with E-state index in [-0.39, 0.29) is 39.8 Å². The molecular weight excluding hydrogens is 609 g/mol. The van der Waals surface area contributed by atoms with E-state index in [0.717, 1.165) is 29.3 Å². The van der Waals surface area contributed by atoms with E-state index in [9.17, 15) is 41.4 Å². The van der Waals surface area contributed by atoms with Crippen LogP contribution in [-0.2, 0) is 11.0 Å². The highest BCUT2D eigenvalue weighted by atomic mass is 19.4. The number of rotatable bonds is 7. The molecule has 46 heavy (non-hydrogen) atoms. The molecule has 0 aliphatic heterocycles. The van der Waals surface area contributed by atoms with Gasteiger partial charge in [0, 0.05) is 43.0 Å². The molecule has 0 heterocycles. The summed E-state index contributed by atoms with van der Waals surface area (Å²) in [4.78, 5) is 40.9. The van der Waals surface area contributed by atoms with E-state index in [0.29, 0.717) is 30.7 Å². The average Bonchev–Trinajstić information content (AvgIpc) is 3.54. The van der Waals surface area contributed by atoms with Gasteiger partial charge < -0.3 is 20.6 Å². The van der Waals surface area contributed by atoms with Gasteiger partial charge in [-0.1, -0.05) is 17.2 Å². The summed E-state index contributed by atoms with van der Waals surface area (Å²) in [6.45, 7) is 3.81. The van der Waals surface area contributed by atoms with Crippen molar-refractivity contribution >= 4 is 29.2 Å². The van der Waals surface area contributed by atoms with Crippen molar-refractivity contribution in [2.45, 2.75) is 38.9 Å². The molecule has 3 aromatic carbocycles. The van der Waals surface area contributed by atoms with Crippen LogP contribution < -0.4 is 15.5 Å². The Kier molecular flexibility index (Phi) is 8.67. The van der Waals surface area contributed by atoms with Crippen LogP contribution in [0, 0.1) is 29.4 Å². The monoisotopic (exact) mass is 641 g/mol. The number of nitrogens with zero attached hydrogens (tertiary/aromatic N) is 1. The Bertz CT molecular complexity index is 1760. The van der Waals surface area contributed by atoms with Gasteiger partial charge in [-0.25, -0.2) is 13.6 Å². The van der Waals surface area contributed by atoms with Crippen LogP contribution in [-0.4, -0.2) is 43.0 Å². The molecule has 0 saturated heterocycles. The number of benzene rings is 3. The second-order valence-corrected chi connectivity index (χ2v) is 12.1. The summed E-state index contributed by atoms with van der Waals surface area (Å²) in [5.74, 6) is -5.86. The van der Waals surface area contributed by atoms with Crippen molar-refractivity contribution in [1.29, 1.82) is 0 Å². The van der Waals surface area contributed by atoms with Crippen LogP contribution in [0.25, 0.3) is 11.1 Å². The predicted octanol–water partition coefficient (Wildman–Crippen LogP) is 7.14. The molecule has 2 unspecified atom stereocenters. The molecule has 2 aliphatic carbocycles. The third kappa shape index (κ3) is 6.08. The lowest BCUT2D eigenvalue weighted by atomic mass is 9.83. The number of hydrogen-bond acceptors (Lipinski definition) is 4. The van der Waals surface area contributed by atoms with Crippen LogP contribution in [0.15, 0.2) is 65.7 Å². The summed E-state index contributed by atoms with van der Waals surface area (Å²) >= 11 is 0. The smallest absolute Gasteiger partial charge is 0.419 e. The molecule has 0 aromatic heterocycles. The van der Waals surface area contributed by atoms with Crippen molar-refractivity contribution in [2.24, 2.45) is 17.8 Å². The minimum atomic E-state index is -4.96. The maximum atomic E-state index is 14.9. The van der Waals surface area contributed by atoms with Gasteiger partial charge in [-0.3, -0.25) is 9.59 Å². The number of anilines is 2. The summed E-state index contributed by atoms with van der Waals surface area (Å²) in [6, 6.07) is 9.52. The van der Waals surface area contributed by atoms with E-state index in [4.69, 9.17) is 0 Å². The fraction of sp³-hybridized carbons (Fsp3) is 0.324. The van der Waals surface area contributed by atoms with Gasteiger partial charge in [-0.05, 0) is 86.7 Å². The Hall–Kier alpha value is -4.74. The zero-order chi connectivity index (χ0) is 33.7. The van der Waals surface area contributed by atoms with Gasteiger partial charge in [0.2, 0.25) is 5.91 Å². The number of carbonyl (C=O) groups excluding carboxylic acids is 2. The second kappa shape index (κ2) is 12.2. The normalized spacial score (nSPS) is 20.4. The highest BCUT2D eigenvalue weighted by molar-refractivity contribution is 6.02. The second-order valence-electron chi connectivity index (χ2n) is 12.1. The molecular formula is C34H32F5N3O4. The molecule has 5 rings (SSSR count). The molecule has 12 heteroatoms. The number of halogens is 5. The van der Waals surface area contributed by atoms with Crippen molar-refractivity contribution in [2.75, 3.05) is 24.3 Å². The first-order chi connectivity index (χ1) is 21.6. The van der Waals surface area contributed by atoms with Gasteiger partial charge in [0.05, 0.1) is 22.6 Å². The molecule has 2 aliphatic rings. The number of carboxylic acids is 1. The number of fused-ring (bicyclic) bond motifs is 2. The summed E-state index contributed by atoms with van der Waals surface area (Å²) < 4.78 is 68.8. The highest BCUT2D eigenvalue weighted by Crippen LogP contribution is 2.54. The fourth-order valence-corrected chi connectivity index (χ4v) is 6.90. The minimum absolute atomic E-state index is 0.0132. The van der Waals surface area contributed by atoms with E-state index in [1.807, 2.05) is 13.8 Å². The van der Waals surface area contributed by atoms with Crippen molar-refractivity contribution in [3.63, 3.8) is 0 Å². The van der Waals surface area contributed by atoms with E-state index in [1.54, 1.807) is 31.1 Å².